The number of carboxylic acid groups (broad SMARTS) is 1. The predicted octanol–water partition coefficient (Wildman–Crippen LogP) is 2.10. The number of urea groups is 1. The second kappa shape index (κ2) is 8.17. The molecule has 0 saturated heterocycles. The first-order valence-electron chi connectivity index (χ1n) is 8.88. The molecule has 1 saturated carbocycles. The monoisotopic (exact) mass is 373 g/mol. The fraction of sp³-hybridized carbons (Fsp3) is 0.444. The third-order valence-electron chi connectivity index (χ3n) is 4.62. The zero-order valence-corrected chi connectivity index (χ0v) is 15.3. The summed E-state index contributed by atoms with van der Waals surface area (Å²) in [5, 5.41) is 18.5. The Morgan fingerprint density at radius 2 is 2.15 bits per heavy atom. The zero-order valence-electron chi connectivity index (χ0n) is 15.3. The molecule has 9 nitrogen and oxygen atoms in total. The van der Waals surface area contributed by atoms with E-state index in [0.29, 0.717) is 23.9 Å². The maximum Gasteiger partial charge on any atom is 0.319 e. The van der Waals surface area contributed by atoms with E-state index in [0.717, 1.165) is 18.4 Å². The van der Waals surface area contributed by atoms with E-state index in [1.54, 1.807) is 25.1 Å². The van der Waals surface area contributed by atoms with Gasteiger partial charge >= 0.3 is 12.0 Å². The standard InChI is InChI=1S/C18H23N5O4/c1-3-23(10-16(24)25)15-8-14(9-15)21-18(26)20-13-6-4-5-12(7-13)17-19-11(2)27-22-17/h4-7,14-15H,3,8-10H2,1-2H3,(H,24,25)(H2,20,21,26). The highest BCUT2D eigenvalue weighted by Crippen LogP contribution is 2.26. The highest BCUT2D eigenvalue weighted by molar-refractivity contribution is 5.90. The normalized spacial score (nSPS) is 18.8. The number of anilines is 1. The Kier molecular flexibility index (Phi) is 5.70. The molecule has 0 radical (unpaired) electrons. The number of hydrogen-bond acceptors (Lipinski definition) is 6. The van der Waals surface area contributed by atoms with Crippen LogP contribution in [0.15, 0.2) is 28.8 Å². The van der Waals surface area contributed by atoms with Crippen LogP contribution in [0.4, 0.5) is 10.5 Å². The summed E-state index contributed by atoms with van der Waals surface area (Å²) in [5.41, 5.74) is 1.38. The van der Waals surface area contributed by atoms with Gasteiger partial charge in [0.15, 0.2) is 0 Å². The van der Waals surface area contributed by atoms with Crippen LogP contribution in [0, 0.1) is 6.92 Å². The summed E-state index contributed by atoms with van der Waals surface area (Å²) in [5.74, 6) is 0.115. The summed E-state index contributed by atoms with van der Waals surface area (Å²) in [6.45, 7) is 4.36. The van der Waals surface area contributed by atoms with Crippen LogP contribution in [-0.2, 0) is 4.79 Å². The molecule has 1 aliphatic carbocycles. The molecule has 0 bridgehead atoms. The lowest BCUT2D eigenvalue weighted by Crippen LogP contribution is -2.55. The molecule has 0 spiro atoms. The number of aliphatic carboxylic acids is 1. The first-order valence-corrected chi connectivity index (χ1v) is 8.88. The minimum absolute atomic E-state index is 0.0302. The van der Waals surface area contributed by atoms with Gasteiger partial charge in [0.25, 0.3) is 0 Å². The first kappa shape index (κ1) is 18.8. The topological polar surface area (TPSA) is 121 Å². The zero-order chi connectivity index (χ0) is 19.4. The molecule has 144 valence electrons. The van der Waals surface area contributed by atoms with Crippen molar-refractivity contribution in [1.82, 2.24) is 20.4 Å². The minimum Gasteiger partial charge on any atom is -0.480 e. The van der Waals surface area contributed by atoms with Gasteiger partial charge in [-0.15, -0.1) is 0 Å². The lowest BCUT2D eigenvalue weighted by Gasteiger charge is -2.42. The smallest absolute Gasteiger partial charge is 0.319 e. The lowest BCUT2D eigenvalue weighted by molar-refractivity contribution is -0.139. The van der Waals surface area contributed by atoms with E-state index in [4.69, 9.17) is 9.63 Å². The Bertz CT molecular complexity index is 816. The number of carboxylic acids is 1. The number of rotatable bonds is 7. The average molecular weight is 373 g/mol. The Morgan fingerprint density at radius 3 is 2.78 bits per heavy atom. The van der Waals surface area contributed by atoms with Crippen LogP contribution in [0.5, 0.6) is 0 Å². The molecule has 3 N–H and O–H groups in total. The van der Waals surface area contributed by atoms with Crippen LogP contribution in [0.25, 0.3) is 11.4 Å². The second-order valence-electron chi connectivity index (χ2n) is 6.60. The molecule has 2 aromatic rings. The fourth-order valence-electron chi connectivity index (χ4n) is 3.18. The molecule has 0 atom stereocenters. The number of carbonyl (C=O) groups excluding carboxylic acids is 1. The Labute approximate surface area is 156 Å². The van der Waals surface area contributed by atoms with E-state index in [-0.39, 0.29) is 24.7 Å². The Hall–Kier alpha value is -2.94. The van der Waals surface area contributed by atoms with Crippen LogP contribution in [0.3, 0.4) is 0 Å². The third kappa shape index (κ3) is 4.82. The molecule has 1 heterocycles. The molecule has 0 unspecified atom stereocenters. The number of aromatic nitrogens is 2. The number of nitrogens with one attached hydrogen (secondary N) is 2. The van der Waals surface area contributed by atoms with Crippen LogP contribution in [0.2, 0.25) is 0 Å². The van der Waals surface area contributed by atoms with E-state index in [1.807, 2.05) is 17.9 Å². The van der Waals surface area contributed by atoms with E-state index in [1.165, 1.54) is 0 Å². The molecule has 1 aliphatic rings. The van der Waals surface area contributed by atoms with Crippen molar-refractivity contribution in [2.45, 2.75) is 38.8 Å². The van der Waals surface area contributed by atoms with Gasteiger partial charge in [0, 0.05) is 30.3 Å². The maximum atomic E-state index is 12.2. The van der Waals surface area contributed by atoms with Crippen LogP contribution in [0.1, 0.15) is 25.7 Å². The van der Waals surface area contributed by atoms with Gasteiger partial charge in [-0.05, 0) is 31.5 Å². The van der Waals surface area contributed by atoms with Gasteiger partial charge < -0.3 is 20.3 Å². The largest absolute Gasteiger partial charge is 0.480 e. The van der Waals surface area contributed by atoms with E-state index >= 15 is 0 Å². The number of nitrogens with zero attached hydrogens (tertiary/aromatic N) is 3. The number of carbonyl (C=O) groups is 2. The van der Waals surface area contributed by atoms with E-state index < -0.39 is 5.97 Å². The summed E-state index contributed by atoms with van der Waals surface area (Å²) in [6.07, 6.45) is 1.49. The molecule has 1 aromatic heterocycles. The molecule has 1 fully saturated rings. The number of benzene rings is 1. The van der Waals surface area contributed by atoms with Gasteiger partial charge in [-0.25, -0.2) is 4.79 Å². The number of hydrogen-bond donors (Lipinski definition) is 3. The summed E-state index contributed by atoms with van der Waals surface area (Å²) in [4.78, 5) is 29.2. The SMILES string of the molecule is CCN(CC(=O)O)C1CC(NC(=O)Nc2cccc(-c3noc(C)n3)c2)C1. The van der Waals surface area contributed by atoms with Gasteiger partial charge in [0.2, 0.25) is 11.7 Å². The quantitative estimate of drug-likeness (QED) is 0.679. The fourth-order valence-corrected chi connectivity index (χ4v) is 3.18. The van der Waals surface area contributed by atoms with Gasteiger partial charge in [0.05, 0.1) is 6.54 Å². The second-order valence-corrected chi connectivity index (χ2v) is 6.60. The van der Waals surface area contributed by atoms with Crippen molar-refractivity contribution in [2.75, 3.05) is 18.4 Å². The van der Waals surface area contributed by atoms with Crippen molar-refractivity contribution in [3.63, 3.8) is 0 Å². The van der Waals surface area contributed by atoms with Crippen molar-refractivity contribution in [2.24, 2.45) is 0 Å². The van der Waals surface area contributed by atoms with Crippen LogP contribution in [-0.4, -0.2) is 57.3 Å². The molecule has 9 heteroatoms. The summed E-state index contributed by atoms with van der Waals surface area (Å²) >= 11 is 0. The van der Waals surface area contributed by atoms with Crippen molar-refractivity contribution in [3.05, 3.63) is 30.2 Å². The van der Waals surface area contributed by atoms with Gasteiger partial charge in [-0.3, -0.25) is 9.69 Å². The van der Waals surface area contributed by atoms with Crippen LogP contribution >= 0.6 is 0 Å². The highest BCUT2D eigenvalue weighted by atomic mass is 16.5. The van der Waals surface area contributed by atoms with E-state index in [2.05, 4.69) is 20.8 Å². The summed E-state index contributed by atoms with van der Waals surface area (Å²) in [7, 11) is 0. The maximum absolute atomic E-state index is 12.2. The number of aryl methyl sites for hydroxylation is 1. The van der Waals surface area contributed by atoms with E-state index in [9.17, 15) is 9.59 Å². The van der Waals surface area contributed by atoms with Crippen LogP contribution < -0.4 is 10.6 Å². The van der Waals surface area contributed by atoms with Gasteiger partial charge in [0.1, 0.15) is 0 Å². The van der Waals surface area contributed by atoms with Crippen molar-refractivity contribution in [1.29, 1.82) is 0 Å². The lowest BCUT2D eigenvalue weighted by atomic mass is 9.85. The molecule has 27 heavy (non-hydrogen) atoms. The Balaban J connectivity index is 1.50. The molecule has 2 amide bonds. The highest BCUT2D eigenvalue weighted by Gasteiger charge is 2.34. The molecular formula is C18H23N5O4. The molecular weight excluding hydrogens is 350 g/mol. The van der Waals surface area contributed by atoms with Crippen molar-refractivity contribution < 1.29 is 19.2 Å². The number of likely N-dealkylation sites (N-methyl/N-ethyl adjacent to an activating group) is 1. The average Bonchev–Trinajstić information content (AvgIpc) is 3.02. The first-order chi connectivity index (χ1) is 12.9. The minimum atomic E-state index is -0.831. The molecule has 0 aliphatic heterocycles. The number of amides is 2. The third-order valence-corrected chi connectivity index (χ3v) is 4.62. The summed E-state index contributed by atoms with van der Waals surface area (Å²) < 4.78 is 4.98. The Morgan fingerprint density at radius 1 is 1.37 bits per heavy atom. The predicted molar refractivity (Wildman–Crippen MR) is 98.3 cm³/mol. The van der Waals surface area contributed by atoms with Gasteiger partial charge in [-0.1, -0.05) is 24.2 Å². The summed E-state index contributed by atoms with van der Waals surface area (Å²) in [6, 6.07) is 7.15. The molecule has 1 aromatic carbocycles. The van der Waals surface area contributed by atoms with Gasteiger partial charge in [-0.2, -0.15) is 4.98 Å². The van der Waals surface area contributed by atoms with Crippen molar-refractivity contribution in [3.8, 4) is 11.4 Å². The molecule has 3 rings (SSSR count). The van der Waals surface area contributed by atoms with Crippen molar-refractivity contribution >= 4 is 17.7 Å².